The molecule has 3 amide bonds. The van der Waals surface area contributed by atoms with Crippen molar-refractivity contribution in [3.05, 3.63) is 59.3 Å². The topological polar surface area (TPSA) is 67.4 Å². The Morgan fingerprint density at radius 2 is 2.00 bits per heavy atom. The highest BCUT2D eigenvalue weighted by atomic mass is 35.5. The van der Waals surface area contributed by atoms with Crippen molar-refractivity contribution in [2.75, 3.05) is 0 Å². The first-order chi connectivity index (χ1) is 13.7. The number of halogens is 4. The second-order valence-corrected chi connectivity index (χ2v) is 5.82. The third-order valence-corrected chi connectivity index (χ3v) is 3.67. The van der Waals surface area contributed by atoms with Crippen molar-refractivity contribution in [2.45, 2.75) is 52.5 Å². The Bertz CT molecular complexity index is 696. The fourth-order valence-electron chi connectivity index (χ4n) is 2.20. The normalized spacial score (nSPS) is 20.7. The lowest BCUT2D eigenvalue weighted by Crippen LogP contribution is -2.39. The third-order valence-electron chi connectivity index (χ3n) is 3.34. The van der Waals surface area contributed by atoms with Gasteiger partial charge in [-0.15, -0.1) is 13.2 Å². The van der Waals surface area contributed by atoms with E-state index in [0.717, 1.165) is 0 Å². The van der Waals surface area contributed by atoms with Gasteiger partial charge in [0, 0.05) is 12.1 Å². The summed E-state index contributed by atoms with van der Waals surface area (Å²) in [5.41, 5.74) is 0.481. The summed E-state index contributed by atoms with van der Waals surface area (Å²) in [5, 5.41) is 4.73. The number of nitrogens with one attached hydrogen (secondary N) is 2. The van der Waals surface area contributed by atoms with Gasteiger partial charge in [-0.3, -0.25) is 14.8 Å². The van der Waals surface area contributed by atoms with Crippen LogP contribution >= 0.6 is 11.6 Å². The van der Waals surface area contributed by atoms with Crippen molar-refractivity contribution < 1.29 is 27.5 Å². The number of hydrogen-bond acceptors (Lipinski definition) is 3. The molecule has 9 heteroatoms. The van der Waals surface area contributed by atoms with Crippen molar-refractivity contribution in [2.24, 2.45) is 0 Å². The van der Waals surface area contributed by atoms with Crippen molar-refractivity contribution in [1.82, 2.24) is 10.6 Å². The van der Waals surface area contributed by atoms with E-state index in [2.05, 4.69) is 21.9 Å². The minimum absolute atomic E-state index is 0.0311. The summed E-state index contributed by atoms with van der Waals surface area (Å²) >= 11 is 5.93. The van der Waals surface area contributed by atoms with E-state index in [9.17, 15) is 22.8 Å². The van der Waals surface area contributed by atoms with Crippen molar-refractivity contribution in [1.29, 1.82) is 0 Å². The number of hydrogen-bond donors (Lipinski definition) is 2. The second-order valence-electron chi connectivity index (χ2n) is 5.42. The highest BCUT2D eigenvalue weighted by Gasteiger charge is 2.32. The van der Waals surface area contributed by atoms with Crippen molar-refractivity contribution in [3.8, 4) is 0 Å². The van der Waals surface area contributed by atoms with E-state index >= 15 is 0 Å². The highest BCUT2D eigenvalue weighted by molar-refractivity contribution is 6.34. The molecule has 162 valence electrons. The zero-order valence-corrected chi connectivity index (χ0v) is 17.4. The summed E-state index contributed by atoms with van der Waals surface area (Å²) in [6.45, 7) is 9.20. The predicted octanol–water partition coefficient (Wildman–Crippen LogP) is 5.62. The number of allylic oxidation sites excluding steroid dienone is 5. The molecule has 0 radical (unpaired) electrons. The molecule has 0 heterocycles. The molecule has 0 saturated heterocycles. The maximum absolute atomic E-state index is 12.3. The molecule has 0 bridgehead atoms. The Morgan fingerprint density at radius 3 is 2.55 bits per heavy atom. The number of rotatable bonds is 5. The number of alkyl halides is 3. The van der Waals surface area contributed by atoms with E-state index in [0.29, 0.717) is 5.70 Å². The van der Waals surface area contributed by atoms with Gasteiger partial charge in [0.1, 0.15) is 0 Å². The predicted molar refractivity (Wildman–Crippen MR) is 108 cm³/mol. The first-order valence-electron chi connectivity index (χ1n) is 9.03. The zero-order chi connectivity index (χ0) is 22.4. The van der Waals surface area contributed by atoms with Crippen LogP contribution in [0.1, 0.15) is 40.0 Å². The van der Waals surface area contributed by atoms with E-state index in [4.69, 9.17) is 11.6 Å². The number of amides is 3. The molecule has 0 aromatic heterocycles. The second kappa shape index (κ2) is 13.8. The monoisotopic (exact) mass is 434 g/mol. The van der Waals surface area contributed by atoms with E-state index in [-0.39, 0.29) is 29.9 Å². The Morgan fingerprint density at radius 1 is 1.34 bits per heavy atom. The molecular formula is C20H26ClF3N2O3. The first kappa shape index (κ1) is 26.7. The largest absolute Gasteiger partial charge is 0.523 e. The average Bonchev–Trinajstić information content (AvgIpc) is 2.60. The molecular weight excluding hydrogens is 409 g/mol. The molecule has 0 saturated carbocycles. The lowest BCUT2D eigenvalue weighted by Gasteiger charge is -2.18. The Balaban J connectivity index is 0.00000379. The van der Waals surface area contributed by atoms with Crippen LogP contribution in [0.5, 0.6) is 0 Å². The zero-order valence-electron chi connectivity index (χ0n) is 16.6. The smallest absolute Gasteiger partial charge is 0.311 e. The van der Waals surface area contributed by atoms with Crippen LogP contribution < -0.4 is 10.6 Å². The van der Waals surface area contributed by atoms with Gasteiger partial charge < -0.3 is 5.32 Å². The molecule has 1 unspecified atom stereocenters. The van der Waals surface area contributed by atoms with E-state index in [1.165, 1.54) is 24.3 Å². The fourth-order valence-corrected chi connectivity index (χ4v) is 2.49. The SMILES string of the molecule is C=C/C(C(=O)NC(=O)N/C1=C/CCC(OC(F)(F)F)/C=C\C1)=C(Cl)\C=C/C.CC. The van der Waals surface area contributed by atoms with Gasteiger partial charge in [0.05, 0.1) is 16.7 Å². The lowest BCUT2D eigenvalue weighted by molar-refractivity contribution is -0.336. The number of carbonyl (C=O) groups excluding carboxylic acids is 2. The van der Waals surface area contributed by atoms with Crippen LogP contribution in [0.25, 0.3) is 0 Å². The maximum Gasteiger partial charge on any atom is 0.523 e. The molecule has 29 heavy (non-hydrogen) atoms. The molecule has 0 aliphatic heterocycles. The number of imide groups is 1. The summed E-state index contributed by atoms with van der Waals surface area (Å²) in [5.74, 6) is -0.730. The van der Waals surface area contributed by atoms with Crippen LogP contribution in [0.4, 0.5) is 18.0 Å². The summed E-state index contributed by atoms with van der Waals surface area (Å²) in [7, 11) is 0. The summed E-state index contributed by atoms with van der Waals surface area (Å²) in [6, 6.07) is -0.785. The number of urea groups is 1. The number of carbonyl (C=O) groups is 2. The van der Waals surface area contributed by atoms with E-state index in [1.807, 2.05) is 13.8 Å². The quantitative estimate of drug-likeness (QED) is 0.335. The molecule has 0 aromatic rings. The number of ether oxygens (including phenoxy) is 1. The van der Waals surface area contributed by atoms with Gasteiger partial charge >= 0.3 is 12.4 Å². The van der Waals surface area contributed by atoms with Gasteiger partial charge in [-0.2, -0.15) is 0 Å². The molecule has 1 atom stereocenters. The van der Waals surface area contributed by atoms with Gasteiger partial charge in [0.2, 0.25) is 0 Å². The van der Waals surface area contributed by atoms with Crippen LogP contribution in [-0.2, 0) is 9.53 Å². The molecule has 5 nitrogen and oxygen atoms in total. The van der Waals surface area contributed by atoms with Gasteiger partial charge in [-0.25, -0.2) is 4.79 Å². The summed E-state index contributed by atoms with van der Waals surface area (Å²) < 4.78 is 40.7. The van der Waals surface area contributed by atoms with Gasteiger partial charge in [-0.05, 0) is 25.8 Å². The minimum Gasteiger partial charge on any atom is -0.311 e. The van der Waals surface area contributed by atoms with Gasteiger partial charge in [0.25, 0.3) is 5.91 Å². The molecule has 0 aromatic carbocycles. The van der Waals surface area contributed by atoms with Crippen molar-refractivity contribution in [3.63, 3.8) is 0 Å². The van der Waals surface area contributed by atoms with Crippen LogP contribution in [0.15, 0.2) is 59.3 Å². The molecule has 1 aliphatic rings. The van der Waals surface area contributed by atoms with Gasteiger partial charge in [0.15, 0.2) is 0 Å². The fraction of sp³-hybridized carbons (Fsp3) is 0.400. The third kappa shape index (κ3) is 11.3. The molecule has 0 spiro atoms. The Hall–Kier alpha value is -2.32. The minimum atomic E-state index is -4.70. The average molecular weight is 435 g/mol. The van der Waals surface area contributed by atoms with Crippen LogP contribution in [0.3, 0.4) is 0 Å². The standard InChI is InChI=1S/C18H20ClF3N2O3.C2H6/c1-3-7-15(19)14(4-2)16(25)24-17(26)23-12-8-5-10-13(11-6-9-12)27-18(20,21)22;1-2/h3-5,7,9-10,13H,2,6,8,11H2,1H3,(H2,23,24,25,26);1-2H3/b7-3-,10-5-,12-9+,15-14-;. The van der Waals surface area contributed by atoms with Crippen molar-refractivity contribution >= 4 is 23.5 Å². The maximum atomic E-state index is 12.3. The molecule has 1 aliphatic carbocycles. The summed E-state index contributed by atoms with van der Waals surface area (Å²) in [4.78, 5) is 24.0. The first-order valence-corrected chi connectivity index (χ1v) is 9.41. The van der Waals surface area contributed by atoms with Crippen LogP contribution in [0.2, 0.25) is 0 Å². The molecule has 0 fully saturated rings. The Kier molecular flexibility index (Phi) is 12.7. The molecule has 2 N–H and O–H groups in total. The Labute approximate surface area is 174 Å². The molecule has 1 rings (SSSR count). The van der Waals surface area contributed by atoms with E-state index < -0.39 is 24.4 Å². The van der Waals surface area contributed by atoms with E-state index in [1.54, 1.807) is 19.1 Å². The highest BCUT2D eigenvalue weighted by Crippen LogP contribution is 2.23. The van der Waals surface area contributed by atoms with Gasteiger partial charge in [-0.1, -0.05) is 62.4 Å². The van der Waals surface area contributed by atoms with Crippen LogP contribution in [0, 0.1) is 0 Å². The summed E-state index contributed by atoms with van der Waals surface area (Å²) in [6.07, 6.45) is 3.43. The van der Waals surface area contributed by atoms with Crippen LogP contribution in [-0.4, -0.2) is 24.4 Å². The lowest BCUT2D eigenvalue weighted by atomic mass is 10.1.